The SMILES string of the molecule is COC(=O)c1ccc(OC)c(CN2C(=O)N(c3cc(C)cc(C)c3)[C@@H]3CS(=O)(=O)C[C@H]32)c1. The molecule has 0 spiro atoms. The quantitative estimate of drug-likeness (QED) is 0.505. The molecule has 2 atom stereocenters. The van der Waals surface area contributed by atoms with Crippen LogP contribution >= 0.6 is 0 Å². The molecule has 0 bridgehead atoms. The lowest BCUT2D eigenvalue weighted by Gasteiger charge is -2.24. The van der Waals surface area contributed by atoms with Gasteiger partial charge in [-0.2, -0.15) is 0 Å². The van der Waals surface area contributed by atoms with Gasteiger partial charge >= 0.3 is 12.0 Å². The van der Waals surface area contributed by atoms with Gasteiger partial charge in [-0.3, -0.25) is 4.90 Å². The van der Waals surface area contributed by atoms with Crippen LogP contribution in [0.25, 0.3) is 0 Å². The van der Waals surface area contributed by atoms with Crippen LogP contribution in [-0.4, -0.2) is 63.1 Å². The Morgan fingerprint density at radius 3 is 2.31 bits per heavy atom. The van der Waals surface area contributed by atoms with Crippen molar-refractivity contribution in [1.29, 1.82) is 0 Å². The average molecular weight is 459 g/mol. The molecule has 4 rings (SSSR count). The first-order valence-electron chi connectivity index (χ1n) is 10.3. The molecule has 0 aromatic heterocycles. The van der Waals surface area contributed by atoms with Gasteiger partial charge in [0.05, 0.1) is 49.9 Å². The van der Waals surface area contributed by atoms with Crippen molar-refractivity contribution in [1.82, 2.24) is 4.90 Å². The van der Waals surface area contributed by atoms with Crippen LogP contribution in [0.5, 0.6) is 5.75 Å². The molecule has 2 heterocycles. The number of esters is 1. The maximum atomic E-state index is 13.6. The van der Waals surface area contributed by atoms with Crippen LogP contribution in [0.1, 0.15) is 27.0 Å². The van der Waals surface area contributed by atoms with Crippen molar-refractivity contribution in [3.63, 3.8) is 0 Å². The van der Waals surface area contributed by atoms with E-state index in [2.05, 4.69) is 0 Å². The number of urea groups is 1. The first-order chi connectivity index (χ1) is 15.1. The number of methoxy groups -OCH3 is 2. The summed E-state index contributed by atoms with van der Waals surface area (Å²) in [5, 5.41) is 0. The van der Waals surface area contributed by atoms with Crippen LogP contribution in [0.15, 0.2) is 36.4 Å². The Morgan fingerprint density at radius 1 is 1.03 bits per heavy atom. The van der Waals surface area contributed by atoms with Crippen molar-refractivity contribution in [3.05, 3.63) is 58.7 Å². The van der Waals surface area contributed by atoms with E-state index in [9.17, 15) is 18.0 Å². The monoisotopic (exact) mass is 458 g/mol. The van der Waals surface area contributed by atoms with Crippen LogP contribution < -0.4 is 9.64 Å². The van der Waals surface area contributed by atoms with E-state index in [1.807, 2.05) is 32.0 Å². The van der Waals surface area contributed by atoms with Crippen molar-refractivity contribution in [3.8, 4) is 5.75 Å². The third-order valence-corrected chi connectivity index (χ3v) is 7.70. The maximum Gasteiger partial charge on any atom is 0.337 e. The number of rotatable bonds is 5. The summed E-state index contributed by atoms with van der Waals surface area (Å²) in [6.45, 7) is 4.01. The van der Waals surface area contributed by atoms with Gasteiger partial charge in [-0.05, 0) is 55.3 Å². The number of hydrogen-bond donors (Lipinski definition) is 0. The molecule has 2 fully saturated rings. The van der Waals surface area contributed by atoms with Gasteiger partial charge in [-0.1, -0.05) is 6.07 Å². The zero-order valence-electron chi connectivity index (χ0n) is 18.5. The fourth-order valence-electron chi connectivity index (χ4n) is 4.68. The molecule has 2 amide bonds. The van der Waals surface area contributed by atoms with Crippen LogP contribution in [0.3, 0.4) is 0 Å². The van der Waals surface area contributed by atoms with E-state index < -0.39 is 27.9 Å². The number of benzene rings is 2. The molecule has 2 aromatic rings. The smallest absolute Gasteiger partial charge is 0.337 e. The predicted molar refractivity (Wildman–Crippen MR) is 120 cm³/mol. The Kier molecular flexibility index (Phi) is 5.62. The summed E-state index contributed by atoms with van der Waals surface area (Å²) in [4.78, 5) is 28.7. The van der Waals surface area contributed by atoms with Gasteiger partial charge in [0, 0.05) is 11.3 Å². The second-order valence-electron chi connectivity index (χ2n) is 8.36. The van der Waals surface area contributed by atoms with E-state index in [0.717, 1.165) is 11.1 Å². The number of amides is 2. The molecule has 0 aliphatic carbocycles. The Labute approximate surface area is 187 Å². The minimum atomic E-state index is -3.30. The number of nitrogens with zero attached hydrogens (tertiary/aromatic N) is 2. The minimum absolute atomic E-state index is 0.0772. The third kappa shape index (κ3) is 3.92. The topological polar surface area (TPSA) is 93.2 Å². The number of sulfone groups is 1. The molecular weight excluding hydrogens is 432 g/mol. The Bertz CT molecular complexity index is 1170. The third-order valence-electron chi connectivity index (χ3n) is 6.00. The predicted octanol–water partition coefficient (Wildman–Crippen LogP) is 2.71. The van der Waals surface area contributed by atoms with Gasteiger partial charge in [0.15, 0.2) is 9.84 Å². The molecule has 32 heavy (non-hydrogen) atoms. The fourth-order valence-corrected chi connectivity index (χ4v) is 6.63. The first kappa shape index (κ1) is 22.1. The molecule has 0 saturated carbocycles. The highest BCUT2D eigenvalue weighted by atomic mass is 32.2. The molecule has 0 radical (unpaired) electrons. The number of ether oxygens (including phenoxy) is 2. The summed E-state index contributed by atoms with van der Waals surface area (Å²) in [6, 6.07) is 9.44. The first-order valence-corrected chi connectivity index (χ1v) is 12.1. The zero-order chi connectivity index (χ0) is 23.2. The van der Waals surface area contributed by atoms with Crippen molar-refractivity contribution >= 4 is 27.5 Å². The lowest BCUT2D eigenvalue weighted by atomic mass is 10.1. The number of carbonyl (C=O) groups excluding carboxylic acids is 2. The molecule has 2 aliphatic heterocycles. The number of fused-ring (bicyclic) bond motifs is 1. The van der Waals surface area contributed by atoms with E-state index in [-0.39, 0.29) is 24.1 Å². The van der Waals surface area contributed by atoms with E-state index in [1.165, 1.54) is 14.2 Å². The molecule has 170 valence electrons. The highest BCUT2D eigenvalue weighted by Crippen LogP contribution is 2.37. The Balaban J connectivity index is 1.75. The molecule has 0 N–H and O–H groups in total. The molecule has 2 aromatic carbocycles. The molecule has 9 heteroatoms. The number of carbonyl (C=O) groups is 2. The normalized spacial score (nSPS) is 21.6. The second kappa shape index (κ2) is 8.12. The molecule has 0 unspecified atom stereocenters. The lowest BCUT2D eigenvalue weighted by molar-refractivity contribution is 0.0600. The Hall–Kier alpha value is -3.07. The number of hydrogen-bond acceptors (Lipinski definition) is 6. The number of anilines is 1. The standard InChI is InChI=1S/C23H26N2O6S/c1-14-7-15(2)9-18(8-14)25-20-13-32(28,29)12-19(20)24(23(25)27)11-17-10-16(22(26)31-4)5-6-21(17)30-3/h5-10,19-20H,11-13H2,1-4H3/t19-,20-/m1/s1. The summed E-state index contributed by atoms with van der Waals surface area (Å²) in [5.74, 6) is -0.164. The van der Waals surface area contributed by atoms with Crippen LogP contribution in [0.2, 0.25) is 0 Å². The van der Waals surface area contributed by atoms with Gasteiger partial charge in [0.25, 0.3) is 0 Å². The zero-order valence-corrected chi connectivity index (χ0v) is 19.3. The van der Waals surface area contributed by atoms with Gasteiger partial charge in [-0.15, -0.1) is 0 Å². The molecule has 8 nitrogen and oxygen atoms in total. The fraction of sp³-hybridized carbons (Fsp3) is 0.391. The van der Waals surface area contributed by atoms with Crippen LogP contribution in [-0.2, 0) is 21.1 Å². The van der Waals surface area contributed by atoms with Crippen LogP contribution in [0.4, 0.5) is 10.5 Å². The van der Waals surface area contributed by atoms with Crippen molar-refractivity contribution in [2.24, 2.45) is 0 Å². The van der Waals surface area contributed by atoms with E-state index in [1.54, 1.807) is 28.0 Å². The highest BCUT2D eigenvalue weighted by Gasteiger charge is 2.54. The van der Waals surface area contributed by atoms with Crippen molar-refractivity contribution in [2.75, 3.05) is 30.6 Å². The Morgan fingerprint density at radius 2 is 1.69 bits per heavy atom. The second-order valence-corrected chi connectivity index (χ2v) is 10.5. The molecule has 2 saturated heterocycles. The van der Waals surface area contributed by atoms with Gasteiger partial charge in [-0.25, -0.2) is 18.0 Å². The van der Waals surface area contributed by atoms with E-state index in [4.69, 9.17) is 9.47 Å². The summed E-state index contributed by atoms with van der Waals surface area (Å²) in [7, 11) is -0.493. The van der Waals surface area contributed by atoms with Gasteiger partial charge < -0.3 is 14.4 Å². The molecule has 2 aliphatic rings. The van der Waals surface area contributed by atoms with Gasteiger partial charge in [0.1, 0.15) is 5.75 Å². The summed E-state index contributed by atoms with van der Waals surface area (Å²) in [6.07, 6.45) is 0. The van der Waals surface area contributed by atoms with Crippen molar-refractivity contribution < 1.29 is 27.5 Å². The summed E-state index contributed by atoms with van der Waals surface area (Å²) >= 11 is 0. The average Bonchev–Trinajstić information content (AvgIpc) is 3.16. The molecular formula is C23H26N2O6S. The number of aryl methyl sites for hydroxylation is 2. The lowest BCUT2D eigenvalue weighted by Crippen LogP contribution is -2.37. The summed E-state index contributed by atoms with van der Waals surface area (Å²) < 4.78 is 35.3. The maximum absolute atomic E-state index is 13.6. The minimum Gasteiger partial charge on any atom is -0.496 e. The van der Waals surface area contributed by atoms with Gasteiger partial charge in [0.2, 0.25) is 0 Å². The van der Waals surface area contributed by atoms with E-state index in [0.29, 0.717) is 22.6 Å². The van der Waals surface area contributed by atoms with Crippen LogP contribution in [0, 0.1) is 13.8 Å². The highest BCUT2D eigenvalue weighted by molar-refractivity contribution is 7.91. The van der Waals surface area contributed by atoms with Crippen molar-refractivity contribution in [2.45, 2.75) is 32.5 Å². The van der Waals surface area contributed by atoms with E-state index >= 15 is 0 Å². The largest absolute Gasteiger partial charge is 0.496 e. The summed E-state index contributed by atoms with van der Waals surface area (Å²) in [5.41, 5.74) is 3.62.